The Morgan fingerprint density at radius 3 is 2.51 bits per heavy atom. The van der Waals surface area contributed by atoms with Crippen LogP contribution in [0, 0.1) is 0 Å². The smallest absolute Gasteiger partial charge is 0.349 e. The van der Waals surface area contributed by atoms with E-state index in [1.165, 1.54) is 0 Å². The van der Waals surface area contributed by atoms with Crippen molar-refractivity contribution in [3.8, 4) is 0 Å². The second kappa shape index (κ2) is 12.3. The zero-order chi connectivity index (χ0) is 30.8. The molecule has 6 nitrogen and oxygen atoms in total. The van der Waals surface area contributed by atoms with Crippen LogP contribution in [0.4, 0.5) is 22.0 Å². The van der Waals surface area contributed by atoms with E-state index in [1.54, 1.807) is 35.2 Å². The number of rotatable bonds is 9. The lowest BCUT2D eigenvalue weighted by Gasteiger charge is -2.32. The lowest BCUT2D eigenvalue weighted by atomic mass is 10.0. The topological polar surface area (TPSA) is 78.5 Å². The van der Waals surface area contributed by atoms with E-state index in [9.17, 15) is 35.2 Å². The number of alkyl halides is 5. The Hall–Kier alpha value is -3.35. The van der Waals surface area contributed by atoms with Crippen LogP contribution >= 0.6 is 0 Å². The standard InChI is InChI=1S/C31H32F5N3O3S/c32-30(33)14-5-15-39(20-30)19-21-10-12-26-23(16-21)11-13-27(26)37-29(40)18-28(22-6-2-1-3-7-22)38-43(41,42)25-9-4-8-24(17-25)31(34,35)36/h1-4,6-10,12,16-17,27-28,38H,5,11,13-15,18-20H2,(H,37,40)/t27-,28-/m1/s1. The number of halogens is 5. The molecule has 1 fully saturated rings. The van der Waals surface area contributed by atoms with Gasteiger partial charge in [0, 0.05) is 19.4 Å². The van der Waals surface area contributed by atoms with Crippen molar-refractivity contribution in [2.75, 3.05) is 13.1 Å². The first-order valence-corrected chi connectivity index (χ1v) is 15.5. The fourth-order valence-electron chi connectivity index (χ4n) is 5.81. The predicted molar refractivity (Wildman–Crippen MR) is 151 cm³/mol. The van der Waals surface area contributed by atoms with Gasteiger partial charge >= 0.3 is 6.18 Å². The molecule has 0 spiro atoms. The molecule has 43 heavy (non-hydrogen) atoms. The zero-order valence-corrected chi connectivity index (χ0v) is 24.0. The fraction of sp³-hybridized carbons (Fsp3) is 0.387. The summed E-state index contributed by atoms with van der Waals surface area (Å²) in [7, 11) is -4.42. The molecule has 2 aliphatic rings. The Balaban J connectivity index is 1.27. The van der Waals surface area contributed by atoms with Crippen LogP contribution in [0.2, 0.25) is 0 Å². The van der Waals surface area contributed by atoms with Gasteiger partial charge in [-0.05, 0) is 66.3 Å². The number of likely N-dealkylation sites (tertiary alicyclic amines) is 1. The van der Waals surface area contributed by atoms with Gasteiger partial charge in [-0.3, -0.25) is 9.69 Å². The molecular weight excluding hydrogens is 589 g/mol. The molecule has 1 aliphatic heterocycles. The van der Waals surface area contributed by atoms with Crippen molar-refractivity contribution in [3.63, 3.8) is 0 Å². The molecule has 1 saturated heterocycles. The molecule has 0 unspecified atom stereocenters. The summed E-state index contributed by atoms with van der Waals surface area (Å²) >= 11 is 0. The summed E-state index contributed by atoms with van der Waals surface area (Å²) in [5.74, 6) is -3.11. The molecule has 2 atom stereocenters. The minimum absolute atomic E-state index is 0.0904. The summed E-state index contributed by atoms with van der Waals surface area (Å²) in [6.45, 7) is 0.777. The van der Waals surface area contributed by atoms with E-state index in [0.29, 0.717) is 44.0 Å². The van der Waals surface area contributed by atoms with Gasteiger partial charge in [0.1, 0.15) is 0 Å². The number of carbonyl (C=O) groups is 1. The number of nitrogens with one attached hydrogen (secondary N) is 2. The highest BCUT2D eigenvalue weighted by molar-refractivity contribution is 7.89. The lowest BCUT2D eigenvalue weighted by molar-refractivity contribution is -0.137. The van der Waals surface area contributed by atoms with Crippen LogP contribution in [0.1, 0.15) is 65.6 Å². The maximum Gasteiger partial charge on any atom is 0.416 e. The lowest BCUT2D eigenvalue weighted by Crippen LogP contribution is -2.42. The number of fused-ring (bicyclic) bond motifs is 1. The number of nitrogens with zero attached hydrogens (tertiary/aromatic N) is 1. The Kier molecular flexibility index (Phi) is 8.92. The average Bonchev–Trinajstić information content (AvgIpc) is 3.33. The van der Waals surface area contributed by atoms with Crippen molar-refractivity contribution in [1.29, 1.82) is 0 Å². The monoisotopic (exact) mass is 621 g/mol. The van der Waals surface area contributed by atoms with Gasteiger partial charge < -0.3 is 5.32 Å². The van der Waals surface area contributed by atoms with Gasteiger partial charge in [-0.15, -0.1) is 0 Å². The van der Waals surface area contributed by atoms with E-state index in [2.05, 4.69) is 10.0 Å². The highest BCUT2D eigenvalue weighted by atomic mass is 32.2. The van der Waals surface area contributed by atoms with E-state index in [0.717, 1.165) is 34.9 Å². The van der Waals surface area contributed by atoms with E-state index in [4.69, 9.17) is 0 Å². The zero-order valence-electron chi connectivity index (χ0n) is 23.2. The number of carbonyl (C=O) groups excluding carboxylic acids is 1. The van der Waals surface area contributed by atoms with Crippen molar-refractivity contribution >= 4 is 15.9 Å². The molecule has 0 bridgehead atoms. The highest BCUT2D eigenvalue weighted by Crippen LogP contribution is 2.34. The van der Waals surface area contributed by atoms with Crippen LogP contribution in [0.25, 0.3) is 0 Å². The molecule has 5 rings (SSSR count). The molecule has 1 aliphatic carbocycles. The maximum absolute atomic E-state index is 13.8. The highest BCUT2D eigenvalue weighted by Gasteiger charge is 2.35. The molecule has 3 aromatic rings. The molecule has 2 N–H and O–H groups in total. The van der Waals surface area contributed by atoms with Gasteiger partial charge in [0.15, 0.2) is 0 Å². The Morgan fingerprint density at radius 1 is 1.02 bits per heavy atom. The Morgan fingerprint density at radius 2 is 1.79 bits per heavy atom. The quantitative estimate of drug-likeness (QED) is 0.281. The van der Waals surface area contributed by atoms with Crippen LogP contribution in [0.3, 0.4) is 0 Å². The summed E-state index contributed by atoms with van der Waals surface area (Å²) in [5.41, 5.74) is 2.25. The van der Waals surface area contributed by atoms with Gasteiger partial charge in [-0.25, -0.2) is 21.9 Å². The Labute approximate surface area is 247 Å². The number of aryl methyl sites for hydroxylation is 1. The fourth-order valence-corrected chi connectivity index (χ4v) is 7.08. The van der Waals surface area contributed by atoms with Crippen LogP contribution in [-0.4, -0.2) is 38.2 Å². The molecule has 0 radical (unpaired) electrons. The molecule has 1 heterocycles. The first-order valence-electron chi connectivity index (χ1n) is 14.0. The van der Waals surface area contributed by atoms with E-state index < -0.39 is 44.5 Å². The van der Waals surface area contributed by atoms with Crippen LogP contribution < -0.4 is 10.0 Å². The average molecular weight is 622 g/mol. The summed E-state index contributed by atoms with van der Waals surface area (Å²) < 4.78 is 96.0. The van der Waals surface area contributed by atoms with Gasteiger partial charge in [0.2, 0.25) is 15.9 Å². The number of sulfonamides is 1. The second-order valence-corrected chi connectivity index (χ2v) is 12.9. The number of benzene rings is 3. The van der Waals surface area contributed by atoms with E-state index in [1.807, 2.05) is 18.2 Å². The van der Waals surface area contributed by atoms with Crippen molar-refractivity contribution in [2.45, 2.75) is 67.7 Å². The number of piperidine rings is 1. The Bertz CT molecular complexity index is 1560. The summed E-state index contributed by atoms with van der Waals surface area (Å²) in [6.07, 6.45) is -3.33. The van der Waals surface area contributed by atoms with Crippen molar-refractivity contribution < 1.29 is 35.2 Å². The number of hydrogen-bond donors (Lipinski definition) is 2. The predicted octanol–water partition coefficient (Wildman–Crippen LogP) is 6.15. The first kappa shape index (κ1) is 31.1. The third kappa shape index (κ3) is 7.79. The first-order chi connectivity index (χ1) is 20.3. The van der Waals surface area contributed by atoms with Gasteiger partial charge in [0.25, 0.3) is 5.92 Å². The normalized spacial score (nSPS) is 19.5. The minimum atomic E-state index is -4.72. The molecule has 1 amide bonds. The summed E-state index contributed by atoms with van der Waals surface area (Å²) in [5, 5.41) is 2.97. The van der Waals surface area contributed by atoms with Crippen LogP contribution in [0.15, 0.2) is 77.7 Å². The SMILES string of the molecule is O=C(C[C@@H](NS(=O)(=O)c1cccc(C(F)(F)F)c1)c1ccccc1)N[C@@H]1CCc2cc(CN3CCCC(F)(F)C3)ccc21. The summed E-state index contributed by atoms with van der Waals surface area (Å²) in [6, 6.07) is 16.2. The molecule has 12 heteroatoms. The largest absolute Gasteiger partial charge is 0.416 e. The maximum atomic E-state index is 13.8. The summed E-state index contributed by atoms with van der Waals surface area (Å²) in [4.78, 5) is 14.4. The molecule has 230 valence electrons. The van der Waals surface area contributed by atoms with Crippen LogP contribution in [-0.2, 0) is 34.0 Å². The third-order valence-electron chi connectivity index (χ3n) is 7.86. The van der Waals surface area contributed by atoms with Crippen LogP contribution in [0.5, 0.6) is 0 Å². The van der Waals surface area contributed by atoms with Crippen molar-refractivity contribution in [2.24, 2.45) is 0 Å². The van der Waals surface area contributed by atoms with Gasteiger partial charge in [-0.1, -0.05) is 54.6 Å². The van der Waals surface area contributed by atoms with Crippen molar-refractivity contribution in [3.05, 3.63) is 101 Å². The number of hydrogen-bond acceptors (Lipinski definition) is 4. The second-order valence-electron chi connectivity index (χ2n) is 11.2. The molecular formula is C31H32F5N3O3S. The molecule has 0 saturated carbocycles. The van der Waals surface area contributed by atoms with Gasteiger partial charge in [-0.2, -0.15) is 13.2 Å². The van der Waals surface area contributed by atoms with Gasteiger partial charge in [0.05, 0.1) is 29.1 Å². The molecule has 0 aromatic heterocycles. The van der Waals surface area contributed by atoms with E-state index in [-0.39, 0.29) is 25.4 Å². The minimum Gasteiger partial charge on any atom is -0.349 e. The third-order valence-corrected chi connectivity index (χ3v) is 9.33. The number of amides is 1. The molecule has 3 aromatic carbocycles. The van der Waals surface area contributed by atoms with Crippen molar-refractivity contribution in [1.82, 2.24) is 14.9 Å². The van der Waals surface area contributed by atoms with E-state index >= 15 is 0 Å².